The van der Waals surface area contributed by atoms with Crippen molar-refractivity contribution in [2.24, 2.45) is 5.92 Å². The van der Waals surface area contributed by atoms with Crippen LogP contribution in [0, 0.1) is 5.92 Å². The monoisotopic (exact) mass is 450 g/mol. The first-order chi connectivity index (χ1) is 16.1. The van der Waals surface area contributed by atoms with E-state index in [1.807, 2.05) is 6.08 Å². The largest absolute Gasteiger partial charge is 0.481 e. The quantitative estimate of drug-likeness (QED) is 0.268. The molecule has 0 fully saturated rings. The normalized spacial score (nSPS) is 13.1. The molecule has 1 rings (SSSR count). The topological polar surface area (TPSA) is 79.3 Å². The second-order valence-electron chi connectivity index (χ2n) is 7.61. The van der Waals surface area contributed by atoms with E-state index in [2.05, 4.69) is 71.9 Å². The zero-order chi connectivity index (χ0) is 24.0. The van der Waals surface area contributed by atoms with Crippen LogP contribution in [0.3, 0.4) is 0 Å². The molecule has 1 amide bonds. The van der Waals surface area contributed by atoms with Gasteiger partial charge in [-0.25, -0.2) is 0 Å². The van der Waals surface area contributed by atoms with Crippen LogP contribution in [0.15, 0.2) is 85.3 Å². The van der Waals surface area contributed by atoms with Gasteiger partial charge in [0.05, 0.1) is 11.5 Å². The van der Waals surface area contributed by atoms with E-state index in [1.165, 1.54) is 6.20 Å². The lowest BCUT2D eigenvalue weighted by Gasteiger charge is -2.11. The van der Waals surface area contributed by atoms with Gasteiger partial charge in [0.1, 0.15) is 0 Å². The molecule has 1 aromatic rings. The Bertz CT molecular complexity index is 808. The summed E-state index contributed by atoms with van der Waals surface area (Å²) in [6.45, 7) is 2.47. The van der Waals surface area contributed by atoms with Gasteiger partial charge in [-0.15, -0.1) is 0 Å². The summed E-state index contributed by atoms with van der Waals surface area (Å²) in [6, 6.07) is 3.37. The molecular formula is C28H38N2O3. The van der Waals surface area contributed by atoms with Crippen molar-refractivity contribution in [1.82, 2.24) is 10.3 Å². The highest BCUT2D eigenvalue weighted by Gasteiger charge is 2.16. The van der Waals surface area contributed by atoms with Crippen LogP contribution in [0.1, 0.15) is 68.6 Å². The highest BCUT2D eigenvalue weighted by molar-refractivity contribution is 5.93. The van der Waals surface area contributed by atoms with Crippen molar-refractivity contribution < 1.29 is 14.7 Å². The fourth-order valence-electron chi connectivity index (χ4n) is 3.02. The predicted octanol–water partition coefficient (Wildman–Crippen LogP) is 6.43. The number of aromatic nitrogens is 1. The Morgan fingerprint density at radius 3 is 2.00 bits per heavy atom. The van der Waals surface area contributed by atoms with E-state index < -0.39 is 11.9 Å². The Kier molecular flexibility index (Phi) is 16.4. The maximum Gasteiger partial charge on any atom is 0.306 e. The van der Waals surface area contributed by atoms with E-state index in [0.29, 0.717) is 31.4 Å². The van der Waals surface area contributed by atoms with Gasteiger partial charge in [-0.2, -0.15) is 0 Å². The summed E-state index contributed by atoms with van der Waals surface area (Å²) in [6.07, 6.45) is 31.0. The summed E-state index contributed by atoms with van der Waals surface area (Å²) < 4.78 is 0. The molecule has 0 saturated carbocycles. The molecule has 1 unspecified atom stereocenters. The average molecular weight is 451 g/mol. The number of hydrogen-bond acceptors (Lipinski definition) is 3. The van der Waals surface area contributed by atoms with E-state index in [1.54, 1.807) is 18.3 Å². The van der Waals surface area contributed by atoms with Crippen molar-refractivity contribution in [3.8, 4) is 0 Å². The van der Waals surface area contributed by atoms with Crippen molar-refractivity contribution >= 4 is 11.9 Å². The number of carboxylic acid groups (broad SMARTS) is 1. The van der Waals surface area contributed by atoms with Gasteiger partial charge in [-0.05, 0) is 63.5 Å². The van der Waals surface area contributed by atoms with Gasteiger partial charge >= 0.3 is 5.97 Å². The number of carbonyl (C=O) groups excluding carboxylic acids is 1. The molecule has 0 bridgehead atoms. The van der Waals surface area contributed by atoms with Gasteiger partial charge in [0.25, 0.3) is 5.91 Å². The SMILES string of the molecule is CCC=CCC=CCC=CCC=CCC=CCCC(CCNC(=O)c1cccnc1)C(=O)O. The summed E-state index contributed by atoms with van der Waals surface area (Å²) in [4.78, 5) is 27.4. The number of carboxylic acids is 1. The number of pyridine rings is 1. The Morgan fingerprint density at radius 2 is 1.48 bits per heavy atom. The van der Waals surface area contributed by atoms with E-state index in [9.17, 15) is 14.7 Å². The van der Waals surface area contributed by atoms with Gasteiger partial charge in [-0.1, -0.05) is 67.7 Å². The fraction of sp³-hybridized carbons (Fsp3) is 0.393. The number of nitrogens with one attached hydrogen (secondary N) is 1. The summed E-state index contributed by atoms with van der Waals surface area (Å²) in [7, 11) is 0. The zero-order valence-electron chi connectivity index (χ0n) is 19.7. The number of carbonyl (C=O) groups is 2. The highest BCUT2D eigenvalue weighted by atomic mass is 16.4. The van der Waals surface area contributed by atoms with Gasteiger partial charge in [0, 0.05) is 18.9 Å². The van der Waals surface area contributed by atoms with Crippen molar-refractivity contribution in [2.75, 3.05) is 6.54 Å². The smallest absolute Gasteiger partial charge is 0.306 e. The molecule has 0 saturated heterocycles. The highest BCUT2D eigenvalue weighted by Crippen LogP contribution is 2.12. The number of nitrogens with zero attached hydrogens (tertiary/aromatic N) is 1. The first kappa shape index (κ1) is 27.8. The van der Waals surface area contributed by atoms with Gasteiger partial charge < -0.3 is 10.4 Å². The molecule has 1 heterocycles. The maximum atomic E-state index is 12.0. The minimum Gasteiger partial charge on any atom is -0.481 e. The lowest BCUT2D eigenvalue weighted by atomic mass is 9.99. The van der Waals surface area contributed by atoms with E-state index in [-0.39, 0.29) is 5.91 Å². The number of hydrogen-bond donors (Lipinski definition) is 2. The Labute approximate surface area is 198 Å². The summed E-state index contributed by atoms with van der Waals surface area (Å²) in [5, 5.41) is 12.2. The third-order valence-corrected chi connectivity index (χ3v) is 4.89. The maximum absolute atomic E-state index is 12.0. The minimum atomic E-state index is -0.821. The molecule has 0 spiro atoms. The Morgan fingerprint density at radius 1 is 0.909 bits per heavy atom. The van der Waals surface area contributed by atoms with Crippen molar-refractivity contribution in [3.63, 3.8) is 0 Å². The molecule has 178 valence electrons. The van der Waals surface area contributed by atoms with Crippen molar-refractivity contribution in [2.45, 2.75) is 58.3 Å². The van der Waals surface area contributed by atoms with E-state index in [0.717, 1.165) is 32.1 Å². The van der Waals surface area contributed by atoms with Crippen LogP contribution < -0.4 is 5.32 Å². The molecule has 0 aliphatic carbocycles. The first-order valence-electron chi connectivity index (χ1n) is 11.8. The van der Waals surface area contributed by atoms with Crippen LogP contribution in [-0.4, -0.2) is 28.5 Å². The third-order valence-electron chi connectivity index (χ3n) is 4.89. The van der Waals surface area contributed by atoms with Crippen molar-refractivity contribution in [1.29, 1.82) is 0 Å². The Balaban J connectivity index is 2.14. The molecule has 1 atom stereocenters. The molecule has 2 N–H and O–H groups in total. The second-order valence-corrected chi connectivity index (χ2v) is 7.61. The van der Waals surface area contributed by atoms with Gasteiger partial charge in [-0.3, -0.25) is 14.6 Å². The summed E-state index contributed by atoms with van der Waals surface area (Å²) in [5.74, 6) is -1.52. The molecule has 1 aromatic heterocycles. The third kappa shape index (κ3) is 15.3. The molecule has 0 aromatic carbocycles. The molecular weight excluding hydrogens is 412 g/mol. The number of aliphatic carboxylic acids is 1. The van der Waals surface area contributed by atoms with E-state index in [4.69, 9.17) is 0 Å². The second kappa shape index (κ2) is 19.5. The van der Waals surface area contributed by atoms with Crippen LogP contribution in [0.2, 0.25) is 0 Å². The van der Waals surface area contributed by atoms with Gasteiger partial charge in [0.2, 0.25) is 0 Å². The molecule has 5 heteroatoms. The van der Waals surface area contributed by atoms with Crippen LogP contribution in [-0.2, 0) is 4.79 Å². The number of amides is 1. The molecule has 33 heavy (non-hydrogen) atoms. The lowest BCUT2D eigenvalue weighted by molar-refractivity contribution is -0.142. The fourth-order valence-corrected chi connectivity index (χ4v) is 3.02. The minimum absolute atomic E-state index is 0.231. The molecule has 0 radical (unpaired) electrons. The molecule has 5 nitrogen and oxygen atoms in total. The number of allylic oxidation sites excluding steroid dienone is 10. The van der Waals surface area contributed by atoms with Gasteiger partial charge in [0.15, 0.2) is 0 Å². The molecule has 0 aliphatic rings. The first-order valence-corrected chi connectivity index (χ1v) is 11.8. The standard InChI is InChI=1S/C28H38N2O3/c1-2-3-4-5-6-7-8-9-10-11-12-13-14-15-16-17-19-25(28(32)33)21-23-30-27(31)26-20-18-22-29-24-26/h3-4,6-7,9-10,12-13,15-16,18,20,22,24-25H,2,5,8,11,14,17,19,21,23H2,1H3,(H,30,31)(H,32,33). The van der Waals surface area contributed by atoms with Crippen LogP contribution in [0.5, 0.6) is 0 Å². The van der Waals surface area contributed by atoms with Crippen LogP contribution in [0.25, 0.3) is 0 Å². The van der Waals surface area contributed by atoms with Crippen molar-refractivity contribution in [3.05, 3.63) is 90.9 Å². The molecule has 0 aliphatic heterocycles. The summed E-state index contributed by atoms with van der Waals surface area (Å²) >= 11 is 0. The van der Waals surface area contributed by atoms with Crippen LogP contribution in [0.4, 0.5) is 0 Å². The summed E-state index contributed by atoms with van der Waals surface area (Å²) in [5.41, 5.74) is 0.475. The number of rotatable bonds is 17. The zero-order valence-corrected chi connectivity index (χ0v) is 19.7. The van der Waals surface area contributed by atoms with Crippen LogP contribution >= 0.6 is 0 Å². The lowest BCUT2D eigenvalue weighted by Crippen LogP contribution is -2.27. The predicted molar refractivity (Wildman–Crippen MR) is 136 cm³/mol. The Hall–Kier alpha value is -3.21. The van der Waals surface area contributed by atoms with E-state index >= 15 is 0 Å². The average Bonchev–Trinajstić information content (AvgIpc) is 2.82.